The Balaban J connectivity index is 1.32. The highest BCUT2D eigenvalue weighted by Crippen LogP contribution is 2.44. The molecule has 4 nitrogen and oxygen atoms in total. The molecule has 0 bridgehead atoms. The van der Waals surface area contributed by atoms with Crippen LogP contribution in [0.2, 0.25) is 0 Å². The highest BCUT2D eigenvalue weighted by atomic mass is 16.5. The van der Waals surface area contributed by atoms with Gasteiger partial charge in [0.1, 0.15) is 6.61 Å². The predicted octanol–water partition coefficient (Wildman–Crippen LogP) is 5.75. The van der Waals surface area contributed by atoms with Crippen molar-refractivity contribution in [2.24, 2.45) is 0 Å². The van der Waals surface area contributed by atoms with E-state index in [0.717, 1.165) is 16.7 Å². The molecule has 1 aliphatic rings. The number of hydrogen-bond acceptors (Lipinski definition) is 3. The van der Waals surface area contributed by atoms with Gasteiger partial charge < -0.3 is 10.1 Å². The van der Waals surface area contributed by atoms with Crippen molar-refractivity contribution in [2.45, 2.75) is 19.8 Å². The molecule has 0 saturated heterocycles. The SMILES string of the molecule is CC(=O)c1ccc(C=CCNC(=O)OCC2c3ccccc3-c3ccccc32)cc1C. The number of ether oxygens (including phenoxy) is 1. The van der Waals surface area contributed by atoms with E-state index in [0.29, 0.717) is 13.2 Å². The molecule has 3 aromatic carbocycles. The zero-order valence-electron chi connectivity index (χ0n) is 17.7. The van der Waals surface area contributed by atoms with E-state index in [-0.39, 0.29) is 11.7 Å². The summed E-state index contributed by atoms with van der Waals surface area (Å²) in [6.45, 7) is 4.15. The van der Waals surface area contributed by atoms with Gasteiger partial charge in [0, 0.05) is 18.0 Å². The van der Waals surface area contributed by atoms with Gasteiger partial charge in [-0.25, -0.2) is 4.79 Å². The first-order valence-electron chi connectivity index (χ1n) is 10.4. The zero-order valence-corrected chi connectivity index (χ0v) is 17.7. The Morgan fingerprint density at radius 2 is 1.61 bits per heavy atom. The van der Waals surface area contributed by atoms with E-state index in [4.69, 9.17) is 4.74 Å². The van der Waals surface area contributed by atoms with Crippen LogP contribution < -0.4 is 5.32 Å². The summed E-state index contributed by atoms with van der Waals surface area (Å²) in [4.78, 5) is 23.7. The minimum atomic E-state index is -0.436. The summed E-state index contributed by atoms with van der Waals surface area (Å²) in [7, 11) is 0. The Morgan fingerprint density at radius 3 is 2.23 bits per heavy atom. The molecule has 0 aromatic heterocycles. The monoisotopic (exact) mass is 411 g/mol. The third kappa shape index (κ3) is 4.43. The van der Waals surface area contributed by atoms with Crippen LogP contribution in [0.25, 0.3) is 17.2 Å². The molecule has 0 unspecified atom stereocenters. The van der Waals surface area contributed by atoms with Crippen molar-refractivity contribution in [3.05, 3.63) is 101 Å². The number of alkyl carbamates (subject to hydrolysis) is 1. The number of aryl methyl sites for hydroxylation is 1. The van der Waals surface area contributed by atoms with Gasteiger partial charge in [0.05, 0.1) is 0 Å². The van der Waals surface area contributed by atoms with Crippen molar-refractivity contribution in [3.8, 4) is 11.1 Å². The van der Waals surface area contributed by atoms with Crippen molar-refractivity contribution >= 4 is 18.0 Å². The molecule has 1 N–H and O–H groups in total. The number of amides is 1. The van der Waals surface area contributed by atoms with Crippen molar-refractivity contribution in [3.63, 3.8) is 0 Å². The maximum absolute atomic E-state index is 12.2. The molecular formula is C27H25NO3. The number of ketones is 1. The fourth-order valence-corrected chi connectivity index (χ4v) is 4.17. The zero-order chi connectivity index (χ0) is 21.8. The maximum atomic E-state index is 12.2. The average molecular weight is 412 g/mol. The number of rotatable bonds is 6. The third-order valence-electron chi connectivity index (χ3n) is 5.65. The second-order valence-corrected chi connectivity index (χ2v) is 7.74. The number of hydrogen-bond donors (Lipinski definition) is 1. The molecule has 0 spiro atoms. The van der Waals surface area contributed by atoms with E-state index in [1.54, 1.807) is 6.92 Å². The summed E-state index contributed by atoms with van der Waals surface area (Å²) < 4.78 is 5.53. The molecule has 1 aliphatic carbocycles. The second kappa shape index (κ2) is 9.00. The number of benzene rings is 3. The quantitative estimate of drug-likeness (QED) is 0.526. The number of carbonyl (C=O) groups excluding carboxylic acids is 2. The van der Waals surface area contributed by atoms with E-state index in [1.807, 2.05) is 61.5 Å². The smallest absolute Gasteiger partial charge is 0.407 e. The van der Waals surface area contributed by atoms with Gasteiger partial charge in [-0.1, -0.05) is 78.9 Å². The minimum Gasteiger partial charge on any atom is -0.449 e. The molecule has 0 atom stereocenters. The second-order valence-electron chi connectivity index (χ2n) is 7.74. The molecule has 1 amide bonds. The molecule has 31 heavy (non-hydrogen) atoms. The van der Waals surface area contributed by atoms with Crippen LogP contribution in [0.5, 0.6) is 0 Å². The van der Waals surface area contributed by atoms with Gasteiger partial charge in [0.15, 0.2) is 5.78 Å². The van der Waals surface area contributed by atoms with Crippen molar-refractivity contribution in [2.75, 3.05) is 13.2 Å². The fraction of sp³-hybridized carbons (Fsp3) is 0.185. The molecule has 4 rings (SSSR count). The Kier molecular flexibility index (Phi) is 5.99. The largest absolute Gasteiger partial charge is 0.449 e. The van der Waals surface area contributed by atoms with Crippen LogP contribution in [0, 0.1) is 6.92 Å². The van der Waals surface area contributed by atoms with Gasteiger partial charge in [-0.3, -0.25) is 4.79 Å². The van der Waals surface area contributed by atoms with Crippen molar-refractivity contribution in [1.82, 2.24) is 5.32 Å². The molecular weight excluding hydrogens is 386 g/mol. The van der Waals surface area contributed by atoms with E-state index in [2.05, 4.69) is 29.6 Å². The Labute approximate surface area is 182 Å². The molecule has 0 fully saturated rings. The highest BCUT2D eigenvalue weighted by Gasteiger charge is 2.28. The molecule has 3 aromatic rings. The first-order valence-corrected chi connectivity index (χ1v) is 10.4. The van der Waals surface area contributed by atoms with E-state index in [1.165, 1.54) is 22.3 Å². The summed E-state index contributed by atoms with van der Waals surface area (Å²) in [5.74, 6) is 0.112. The van der Waals surface area contributed by atoms with Crippen LogP contribution >= 0.6 is 0 Å². The van der Waals surface area contributed by atoms with Gasteiger partial charge >= 0.3 is 6.09 Å². The average Bonchev–Trinajstić information content (AvgIpc) is 3.09. The molecule has 156 valence electrons. The van der Waals surface area contributed by atoms with Gasteiger partial charge in [0.25, 0.3) is 0 Å². The lowest BCUT2D eigenvalue weighted by Crippen LogP contribution is -2.26. The van der Waals surface area contributed by atoms with E-state index >= 15 is 0 Å². The number of fused-ring (bicyclic) bond motifs is 3. The molecule has 0 aliphatic heterocycles. The standard InChI is InChI=1S/C27H25NO3/c1-18-16-20(13-14-21(18)19(2)29)8-7-15-28-27(30)31-17-26-24-11-5-3-9-22(24)23-10-4-6-12-25(23)26/h3-14,16,26H,15,17H2,1-2H3,(H,28,30). The van der Waals surface area contributed by atoms with E-state index < -0.39 is 6.09 Å². The summed E-state index contributed by atoms with van der Waals surface area (Å²) in [6, 6.07) is 22.2. The topological polar surface area (TPSA) is 55.4 Å². The van der Waals surface area contributed by atoms with Crippen LogP contribution in [-0.2, 0) is 4.74 Å². The van der Waals surface area contributed by atoms with E-state index in [9.17, 15) is 9.59 Å². The minimum absolute atomic E-state index is 0.0523. The molecule has 4 heteroatoms. The van der Waals surface area contributed by atoms with Crippen molar-refractivity contribution < 1.29 is 14.3 Å². The maximum Gasteiger partial charge on any atom is 0.407 e. The first kappa shape index (κ1) is 20.6. The summed E-state index contributed by atoms with van der Waals surface area (Å²) in [5.41, 5.74) is 7.47. The summed E-state index contributed by atoms with van der Waals surface area (Å²) in [6.07, 6.45) is 3.35. The van der Waals surface area contributed by atoms with Gasteiger partial charge in [0.2, 0.25) is 0 Å². The van der Waals surface area contributed by atoms with Gasteiger partial charge in [-0.2, -0.15) is 0 Å². The van der Waals surface area contributed by atoms with Crippen LogP contribution in [0.15, 0.2) is 72.8 Å². The number of carbonyl (C=O) groups is 2. The van der Waals surface area contributed by atoms with Crippen LogP contribution in [-0.4, -0.2) is 25.0 Å². The Hall–Kier alpha value is -3.66. The molecule has 0 saturated carbocycles. The highest BCUT2D eigenvalue weighted by molar-refractivity contribution is 5.95. The van der Waals surface area contributed by atoms with Gasteiger partial charge in [-0.05, 0) is 47.2 Å². The van der Waals surface area contributed by atoms with Crippen LogP contribution in [0.3, 0.4) is 0 Å². The number of nitrogens with one attached hydrogen (secondary N) is 1. The fourth-order valence-electron chi connectivity index (χ4n) is 4.17. The normalized spacial score (nSPS) is 12.5. The van der Waals surface area contributed by atoms with Crippen LogP contribution in [0.1, 0.15) is 45.5 Å². The Bertz CT molecular complexity index is 1120. The third-order valence-corrected chi connectivity index (χ3v) is 5.65. The summed E-state index contributed by atoms with van der Waals surface area (Å²) >= 11 is 0. The predicted molar refractivity (Wildman–Crippen MR) is 123 cm³/mol. The molecule has 0 heterocycles. The lowest BCUT2D eigenvalue weighted by molar-refractivity contribution is 0.101. The molecule has 0 radical (unpaired) electrons. The lowest BCUT2D eigenvalue weighted by Gasteiger charge is -2.14. The van der Waals surface area contributed by atoms with Crippen LogP contribution in [0.4, 0.5) is 4.79 Å². The van der Waals surface area contributed by atoms with Crippen molar-refractivity contribution in [1.29, 1.82) is 0 Å². The van der Waals surface area contributed by atoms with Gasteiger partial charge in [-0.15, -0.1) is 0 Å². The number of Topliss-reactive ketones (excluding diaryl/α,β-unsaturated/α-hetero) is 1. The first-order chi connectivity index (χ1) is 15.0. The summed E-state index contributed by atoms with van der Waals surface area (Å²) in [5, 5.41) is 2.77. The lowest BCUT2D eigenvalue weighted by atomic mass is 9.98. The Morgan fingerprint density at radius 1 is 0.968 bits per heavy atom.